The molecule has 2 aromatic heterocycles. The summed E-state index contributed by atoms with van der Waals surface area (Å²) in [6.45, 7) is 4.77. The molecule has 0 radical (unpaired) electrons. The highest BCUT2D eigenvalue weighted by molar-refractivity contribution is 6.30. The molecule has 0 aliphatic carbocycles. The van der Waals surface area contributed by atoms with Gasteiger partial charge in [-0.2, -0.15) is 0 Å². The average Bonchev–Trinajstić information content (AvgIpc) is 3.19. The number of hydrogen-bond acceptors (Lipinski definition) is 4. The molecule has 176 valence electrons. The fraction of sp³-hybridized carbons (Fsp3) is 0.333. The molecule has 1 aliphatic rings. The Kier molecular flexibility index (Phi) is 7.07. The summed E-state index contributed by atoms with van der Waals surface area (Å²) >= 11 is 5.90. The molecule has 0 saturated carbocycles. The fourth-order valence-electron chi connectivity index (χ4n) is 4.72. The minimum Gasteiger partial charge on any atom is -0.369 e. The molecule has 3 heterocycles. The number of anilines is 1. The Morgan fingerprint density at radius 3 is 2.56 bits per heavy atom. The number of rotatable bonds is 8. The van der Waals surface area contributed by atoms with Crippen molar-refractivity contribution in [3.63, 3.8) is 0 Å². The van der Waals surface area contributed by atoms with E-state index in [-0.39, 0.29) is 5.82 Å². The van der Waals surface area contributed by atoms with E-state index in [1.807, 2.05) is 30.3 Å². The third-order valence-electron chi connectivity index (χ3n) is 6.63. The number of imidazole rings is 1. The lowest BCUT2D eigenvalue weighted by molar-refractivity contribution is 0.188. The number of halogens is 2. The number of para-hydroxylation sites is 2. The van der Waals surface area contributed by atoms with E-state index in [1.54, 1.807) is 6.20 Å². The molecule has 0 atom stereocenters. The van der Waals surface area contributed by atoms with Crippen LogP contribution in [0.4, 0.5) is 10.2 Å². The zero-order valence-electron chi connectivity index (χ0n) is 19.1. The molecule has 0 spiro atoms. The molecule has 1 aliphatic heterocycles. The summed E-state index contributed by atoms with van der Waals surface area (Å²) in [6.07, 6.45) is 4.97. The lowest BCUT2D eigenvalue weighted by Crippen LogP contribution is -2.37. The summed E-state index contributed by atoms with van der Waals surface area (Å²) in [5.41, 5.74) is 3.25. The maximum Gasteiger partial charge on any atom is 0.126 e. The number of likely N-dealkylation sites (tertiary alicyclic amines) is 1. The Morgan fingerprint density at radius 1 is 1.00 bits per heavy atom. The van der Waals surface area contributed by atoms with Crippen LogP contribution >= 0.6 is 11.6 Å². The molecule has 4 aromatic rings. The largest absolute Gasteiger partial charge is 0.369 e. The third kappa shape index (κ3) is 5.57. The van der Waals surface area contributed by atoms with Crippen LogP contribution in [0.15, 0.2) is 66.9 Å². The van der Waals surface area contributed by atoms with E-state index >= 15 is 0 Å². The minimum absolute atomic E-state index is 0.203. The van der Waals surface area contributed by atoms with Crippen LogP contribution in [-0.4, -0.2) is 45.6 Å². The summed E-state index contributed by atoms with van der Waals surface area (Å²) in [7, 11) is 0. The molecular weight excluding hydrogens is 449 g/mol. The van der Waals surface area contributed by atoms with Gasteiger partial charge in [-0.05, 0) is 73.8 Å². The average molecular weight is 478 g/mol. The van der Waals surface area contributed by atoms with Crippen LogP contribution in [0, 0.1) is 11.7 Å². The number of hydrogen-bond donors (Lipinski definition) is 1. The van der Waals surface area contributed by atoms with Crippen LogP contribution < -0.4 is 5.32 Å². The van der Waals surface area contributed by atoms with Crippen molar-refractivity contribution in [2.45, 2.75) is 25.8 Å². The van der Waals surface area contributed by atoms with Crippen molar-refractivity contribution in [1.29, 1.82) is 0 Å². The molecule has 0 unspecified atom stereocenters. The quantitative estimate of drug-likeness (QED) is 0.357. The lowest BCUT2D eigenvalue weighted by Gasteiger charge is -2.32. The number of piperidine rings is 1. The first-order valence-electron chi connectivity index (χ1n) is 11.9. The Hall–Kier alpha value is -2.96. The monoisotopic (exact) mass is 477 g/mol. The lowest BCUT2D eigenvalue weighted by atomic mass is 9.93. The van der Waals surface area contributed by atoms with Gasteiger partial charge in [0, 0.05) is 32.3 Å². The van der Waals surface area contributed by atoms with E-state index in [1.165, 1.54) is 25.0 Å². The first-order valence-corrected chi connectivity index (χ1v) is 12.3. The van der Waals surface area contributed by atoms with Crippen molar-refractivity contribution >= 4 is 28.5 Å². The van der Waals surface area contributed by atoms with Crippen LogP contribution in [0.2, 0.25) is 5.02 Å². The van der Waals surface area contributed by atoms with E-state index in [4.69, 9.17) is 16.6 Å². The number of benzene rings is 2. The maximum atomic E-state index is 13.4. The molecule has 0 bridgehead atoms. The third-order valence-corrected chi connectivity index (χ3v) is 6.85. The predicted molar refractivity (Wildman–Crippen MR) is 136 cm³/mol. The molecule has 1 fully saturated rings. The minimum atomic E-state index is -0.203. The van der Waals surface area contributed by atoms with Crippen LogP contribution in [-0.2, 0) is 13.0 Å². The Morgan fingerprint density at radius 2 is 1.79 bits per heavy atom. The molecule has 0 amide bonds. The molecular formula is C27H29ClFN5. The van der Waals surface area contributed by atoms with Gasteiger partial charge in [-0.1, -0.05) is 35.9 Å². The topological polar surface area (TPSA) is 46.0 Å². The highest BCUT2D eigenvalue weighted by Crippen LogP contribution is 2.25. The first kappa shape index (κ1) is 22.8. The number of pyridine rings is 1. The second-order valence-corrected chi connectivity index (χ2v) is 9.44. The first-order chi connectivity index (χ1) is 16.6. The second kappa shape index (κ2) is 10.5. The van der Waals surface area contributed by atoms with Crippen molar-refractivity contribution < 1.29 is 4.39 Å². The zero-order chi connectivity index (χ0) is 23.3. The van der Waals surface area contributed by atoms with Crippen molar-refractivity contribution in [2.75, 3.05) is 31.5 Å². The SMILES string of the molecule is Fc1ccc(Cn2c(CC3CCN(CCNc4ccc(Cl)cn4)CC3)nc3ccccc32)cc1. The second-order valence-electron chi connectivity index (χ2n) is 9.01. The van der Waals surface area contributed by atoms with E-state index in [0.29, 0.717) is 17.5 Å². The van der Waals surface area contributed by atoms with Gasteiger partial charge in [-0.3, -0.25) is 0 Å². The van der Waals surface area contributed by atoms with Crippen LogP contribution in [0.25, 0.3) is 11.0 Å². The Bertz CT molecular complexity index is 1210. The van der Waals surface area contributed by atoms with Gasteiger partial charge in [-0.15, -0.1) is 0 Å². The van der Waals surface area contributed by atoms with Gasteiger partial charge in [0.05, 0.1) is 16.1 Å². The van der Waals surface area contributed by atoms with Gasteiger partial charge in [0.1, 0.15) is 17.5 Å². The predicted octanol–water partition coefficient (Wildman–Crippen LogP) is 5.64. The molecule has 34 heavy (non-hydrogen) atoms. The Labute approximate surface area is 204 Å². The van der Waals surface area contributed by atoms with Crippen molar-refractivity contribution in [2.24, 2.45) is 5.92 Å². The van der Waals surface area contributed by atoms with Crippen LogP contribution in [0.3, 0.4) is 0 Å². The van der Waals surface area contributed by atoms with Gasteiger partial charge in [-0.25, -0.2) is 14.4 Å². The van der Waals surface area contributed by atoms with Crippen molar-refractivity contribution in [3.8, 4) is 0 Å². The molecule has 5 rings (SSSR count). The van der Waals surface area contributed by atoms with Gasteiger partial charge in [0.25, 0.3) is 0 Å². The summed E-state index contributed by atoms with van der Waals surface area (Å²) < 4.78 is 15.7. The number of aromatic nitrogens is 3. The van der Waals surface area contributed by atoms with E-state index in [9.17, 15) is 4.39 Å². The van der Waals surface area contributed by atoms with Crippen LogP contribution in [0.1, 0.15) is 24.2 Å². The van der Waals surface area contributed by atoms with Gasteiger partial charge in [0.15, 0.2) is 0 Å². The fourth-order valence-corrected chi connectivity index (χ4v) is 4.84. The highest BCUT2D eigenvalue weighted by atomic mass is 35.5. The Balaban J connectivity index is 1.18. The standard InChI is InChI=1S/C27H29ClFN5/c28-22-7-10-26(31-18-22)30-13-16-33-14-11-20(12-15-33)17-27-32-24-3-1-2-4-25(24)34(27)19-21-5-8-23(29)9-6-21/h1-10,18,20H,11-17,19H2,(H,30,31). The number of nitrogens with one attached hydrogen (secondary N) is 1. The summed E-state index contributed by atoms with van der Waals surface area (Å²) in [5, 5.41) is 4.02. The molecule has 1 saturated heterocycles. The van der Waals surface area contributed by atoms with Gasteiger partial charge < -0.3 is 14.8 Å². The summed E-state index contributed by atoms with van der Waals surface area (Å²) in [4.78, 5) is 11.8. The zero-order valence-corrected chi connectivity index (χ0v) is 19.9. The smallest absolute Gasteiger partial charge is 0.126 e. The van der Waals surface area contributed by atoms with Gasteiger partial charge >= 0.3 is 0 Å². The molecule has 2 aromatic carbocycles. The molecule has 5 nitrogen and oxygen atoms in total. The normalized spacial score (nSPS) is 15.1. The van der Waals surface area contributed by atoms with Crippen LogP contribution in [0.5, 0.6) is 0 Å². The molecule has 7 heteroatoms. The highest BCUT2D eigenvalue weighted by Gasteiger charge is 2.22. The van der Waals surface area contributed by atoms with Crippen molar-refractivity contribution in [1.82, 2.24) is 19.4 Å². The van der Waals surface area contributed by atoms with E-state index in [0.717, 1.165) is 60.8 Å². The van der Waals surface area contributed by atoms with Gasteiger partial charge in [0.2, 0.25) is 0 Å². The van der Waals surface area contributed by atoms with E-state index in [2.05, 4.69) is 38.0 Å². The summed E-state index contributed by atoms with van der Waals surface area (Å²) in [6, 6.07) is 18.8. The number of fused-ring (bicyclic) bond motifs is 1. The van der Waals surface area contributed by atoms with E-state index < -0.39 is 0 Å². The molecule has 1 N–H and O–H groups in total. The summed E-state index contributed by atoms with van der Waals surface area (Å²) in [5.74, 6) is 2.40. The van der Waals surface area contributed by atoms with Crippen molar-refractivity contribution in [3.05, 3.63) is 89.1 Å². The number of nitrogens with zero attached hydrogens (tertiary/aromatic N) is 4. The maximum absolute atomic E-state index is 13.4.